The lowest BCUT2D eigenvalue weighted by molar-refractivity contribution is -0.121. The molecule has 146 valence electrons. The quantitative estimate of drug-likeness (QED) is 0.737. The van der Waals surface area contributed by atoms with E-state index >= 15 is 0 Å². The Morgan fingerprint density at radius 1 is 1.30 bits per heavy atom. The number of carbonyl (C=O) groups excluding carboxylic acids is 1. The first-order valence-electron chi connectivity index (χ1n) is 10.2. The largest absolute Gasteiger partial charge is 0.356 e. The van der Waals surface area contributed by atoms with Crippen LogP contribution in [0.3, 0.4) is 0 Å². The Kier molecular flexibility index (Phi) is 6.67. The van der Waals surface area contributed by atoms with E-state index in [2.05, 4.69) is 22.1 Å². The summed E-state index contributed by atoms with van der Waals surface area (Å²) in [6, 6.07) is 8.57. The van der Waals surface area contributed by atoms with Crippen LogP contribution in [0.2, 0.25) is 0 Å². The van der Waals surface area contributed by atoms with Gasteiger partial charge in [-0.05, 0) is 69.2 Å². The first-order valence-corrected chi connectivity index (χ1v) is 10.2. The molecule has 1 fully saturated rings. The lowest BCUT2D eigenvalue weighted by atomic mass is 10.0. The Labute approximate surface area is 161 Å². The zero-order valence-corrected chi connectivity index (χ0v) is 16.5. The van der Waals surface area contributed by atoms with Crippen molar-refractivity contribution in [2.24, 2.45) is 0 Å². The molecule has 1 saturated heterocycles. The fraction of sp³-hybridized carbons (Fsp3) is 0.545. The molecule has 5 heteroatoms. The molecule has 5 nitrogen and oxygen atoms in total. The Morgan fingerprint density at radius 3 is 2.96 bits per heavy atom. The lowest BCUT2D eigenvalue weighted by Gasteiger charge is -2.33. The monoisotopic (exact) mass is 369 g/mol. The normalized spacial score (nSPS) is 17.9. The summed E-state index contributed by atoms with van der Waals surface area (Å²) < 4.78 is 0. The third kappa shape index (κ3) is 5.42. The first-order chi connectivity index (χ1) is 13.0. The number of nitrogens with one attached hydrogen (secondary N) is 2. The number of rotatable bonds is 7. The van der Waals surface area contributed by atoms with Crippen LogP contribution in [0.1, 0.15) is 50.2 Å². The average Bonchev–Trinajstić information content (AvgIpc) is 2.65. The van der Waals surface area contributed by atoms with Gasteiger partial charge in [-0.3, -0.25) is 9.59 Å². The number of nitrogens with zero attached hydrogens (tertiary/aromatic N) is 1. The van der Waals surface area contributed by atoms with Crippen LogP contribution in [0.5, 0.6) is 0 Å². The highest BCUT2D eigenvalue weighted by Gasteiger charge is 2.17. The van der Waals surface area contributed by atoms with Crippen molar-refractivity contribution < 1.29 is 4.79 Å². The maximum atomic E-state index is 12.2. The highest BCUT2D eigenvalue weighted by Crippen LogP contribution is 2.16. The summed E-state index contributed by atoms with van der Waals surface area (Å²) in [4.78, 5) is 29.8. The fourth-order valence-electron chi connectivity index (χ4n) is 3.88. The number of hydrogen-bond donors (Lipinski definition) is 2. The highest BCUT2D eigenvalue weighted by atomic mass is 16.1. The van der Waals surface area contributed by atoms with Gasteiger partial charge in [0.05, 0.1) is 0 Å². The molecule has 0 bridgehead atoms. The molecule has 1 atom stereocenters. The van der Waals surface area contributed by atoms with Crippen molar-refractivity contribution in [1.82, 2.24) is 15.2 Å². The fourth-order valence-corrected chi connectivity index (χ4v) is 3.88. The number of fused-ring (bicyclic) bond motifs is 1. The van der Waals surface area contributed by atoms with Crippen molar-refractivity contribution in [3.8, 4) is 0 Å². The number of hydrogen-bond acceptors (Lipinski definition) is 3. The standard InChI is InChI=1S/C22H31N3O2/c1-16-7-8-18-15-19(22(27)24-20(18)14-16)9-10-21(26)23-11-5-13-25-12-4-3-6-17(25)2/h7-8,14-15,17H,3-6,9-13H2,1-2H3,(H,23,26)(H,24,27)/t17-/m1/s1. The minimum absolute atomic E-state index is 0.0186. The second kappa shape index (κ2) is 9.18. The number of aryl methyl sites for hydroxylation is 2. The van der Waals surface area contributed by atoms with E-state index in [-0.39, 0.29) is 11.5 Å². The Bertz CT molecular complexity index is 843. The van der Waals surface area contributed by atoms with Gasteiger partial charge in [0.25, 0.3) is 5.56 Å². The number of benzene rings is 1. The van der Waals surface area contributed by atoms with Crippen molar-refractivity contribution in [2.45, 2.75) is 58.4 Å². The van der Waals surface area contributed by atoms with E-state index in [9.17, 15) is 9.59 Å². The molecular formula is C22H31N3O2. The summed E-state index contributed by atoms with van der Waals surface area (Å²) in [6.07, 6.45) is 5.70. The SMILES string of the molecule is Cc1ccc2cc(CCC(=O)NCCCN3CCCC[C@H]3C)c(=O)[nH]c2c1. The van der Waals surface area contributed by atoms with Gasteiger partial charge in [0.2, 0.25) is 5.91 Å². The van der Waals surface area contributed by atoms with Crippen molar-refractivity contribution in [3.05, 3.63) is 45.7 Å². The third-order valence-electron chi connectivity index (χ3n) is 5.58. The molecule has 0 spiro atoms. The zero-order chi connectivity index (χ0) is 19.2. The molecule has 1 aliphatic heterocycles. The topological polar surface area (TPSA) is 65.2 Å². The van der Waals surface area contributed by atoms with Crippen molar-refractivity contribution >= 4 is 16.8 Å². The molecule has 0 radical (unpaired) electrons. The minimum Gasteiger partial charge on any atom is -0.356 e. The minimum atomic E-state index is -0.0972. The van der Waals surface area contributed by atoms with E-state index in [1.165, 1.54) is 25.8 Å². The summed E-state index contributed by atoms with van der Waals surface area (Å²) in [6.45, 7) is 7.22. The second-order valence-electron chi connectivity index (χ2n) is 7.80. The Morgan fingerprint density at radius 2 is 2.15 bits per heavy atom. The molecule has 3 rings (SSSR count). The predicted octanol–water partition coefficient (Wildman–Crippen LogP) is 3.15. The number of carbonyl (C=O) groups is 1. The molecule has 2 heterocycles. The van der Waals surface area contributed by atoms with Gasteiger partial charge in [0.1, 0.15) is 0 Å². The lowest BCUT2D eigenvalue weighted by Crippen LogP contribution is -2.39. The molecule has 0 saturated carbocycles. The van der Waals surface area contributed by atoms with E-state index in [1.807, 2.05) is 31.2 Å². The van der Waals surface area contributed by atoms with Crippen LogP contribution in [-0.2, 0) is 11.2 Å². The van der Waals surface area contributed by atoms with Crippen LogP contribution >= 0.6 is 0 Å². The molecule has 1 amide bonds. The molecule has 27 heavy (non-hydrogen) atoms. The van der Waals surface area contributed by atoms with Crippen molar-refractivity contribution in [2.75, 3.05) is 19.6 Å². The third-order valence-corrected chi connectivity index (χ3v) is 5.58. The summed E-state index contributed by atoms with van der Waals surface area (Å²) in [5.41, 5.74) is 2.54. The molecular weight excluding hydrogens is 338 g/mol. The number of pyridine rings is 1. The molecule has 0 unspecified atom stereocenters. The number of aromatic amines is 1. The Balaban J connectivity index is 1.43. The summed E-state index contributed by atoms with van der Waals surface area (Å²) in [7, 11) is 0. The summed E-state index contributed by atoms with van der Waals surface area (Å²) in [5.74, 6) is 0.0186. The maximum absolute atomic E-state index is 12.2. The summed E-state index contributed by atoms with van der Waals surface area (Å²) >= 11 is 0. The van der Waals surface area contributed by atoms with Gasteiger partial charge in [0, 0.05) is 36.6 Å². The van der Waals surface area contributed by atoms with Crippen LogP contribution in [0.4, 0.5) is 0 Å². The maximum Gasteiger partial charge on any atom is 0.251 e. The molecule has 1 aromatic heterocycles. The highest BCUT2D eigenvalue weighted by molar-refractivity contribution is 5.80. The molecule has 1 aromatic carbocycles. The van der Waals surface area contributed by atoms with E-state index in [0.717, 1.165) is 29.4 Å². The van der Waals surface area contributed by atoms with Crippen LogP contribution in [0.25, 0.3) is 10.9 Å². The van der Waals surface area contributed by atoms with Gasteiger partial charge in [0.15, 0.2) is 0 Å². The number of likely N-dealkylation sites (tertiary alicyclic amines) is 1. The van der Waals surface area contributed by atoms with E-state index in [1.54, 1.807) is 0 Å². The summed E-state index contributed by atoms with van der Waals surface area (Å²) in [5, 5.41) is 4.00. The molecule has 1 aliphatic rings. The predicted molar refractivity (Wildman–Crippen MR) is 110 cm³/mol. The van der Waals surface area contributed by atoms with Gasteiger partial charge in [-0.15, -0.1) is 0 Å². The van der Waals surface area contributed by atoms with Crippen LogP contribution < -0.4 is 10.9 Å². The number of H-pyrrole nitrogens is 1. The number of amides is 1. The van der Waals surface area contributed by atoms with Gasteiger partial charge in [-0.1, -0.05) is 18.6 Å². The number of aromatic nitrogens is 1. The first kappa shape index (κ1) is 19.6. The van der Waals surface area contributed by atoms with E-state index in [4.69, 9.17) is 0 Å². The molecule has 0 aliphatic carbocycles. The van der Waals surface area contributed by atoms with E-state index in [0.29, 0.717) is 31.0 Å². The van der Waals surface area contributed by atoms with Crippen LogP contribution in [0.15, 0.2) is 29.1 Å². The molecule has 2 N–H and O–H groups in total. The van der Waals surface area contributed by atoms with E-state index < -0.39 is 0 Å². The van der Waals surface area contributed by atoms with Crippen molar-refractivity contribution in [1.29, 1.82) is 0 Å². The van der Waals surface area contributed by atoms with Gasteiger partial charge < -0.3 is 15.2 Å². The average molecular weight is 370 g/mol. The zero-order valence-electron chi connectivity index (χ0n) is 16.5. The van der Waals surface area contributed by atoms with Crippen molar-refractivity contribution in [3.63, 3.8) is 0 Å². The molecule has 2 aromatic rings. The smallest absolute Gasteiger partial charge is 0.251 e. The van der Waals surface area contributed by atoms with Gasteiger partial charge in [-0.25, -0.2) is 0 Å². The van der Waals surface area contributed by atoms with Crippen LogP contribution in [0, 0.1) is 6.92 Å². The van der Waals surface area contributed by atoms with Crippen LogP contribution in [-0.4, -0.2) is 41.5 Å². The Hall–Kier alpha value is -2.14. The number of piperidine rings is 1. The second-order valence-corrected chi connectivity index (χ2v) is 7.80. The van der Waals surface area contributed by atoms with Gasteiger partial charge in [-0.2, -0.15) is 0 Å². The van der Waals surface area contributed by atoms with Gasteiger partial charge >= 0.3 is 0 Å².